The standard InChI is InChI=1S/C45H89NO10/c1-4-5-6-7-8-9-10-11-12-13-14-15-16-17-18-19-22-26-29-32-38(49)44(54)46-36(34-55-45-43(53)42(52)41(51)39(33-47)56-45)40(50)37(48)31-28-25-23-20-21-24-27-30-35(2)3/h35-43,45,47-53H,4-34H2,1-3H3,(H,46,54)/t36-,37+,38+,39+,40-,41+,42-,43+,45+/m0/s1. The van der Waals surface area contributed by atoms with Crippen molar-refractivity contribution in [1.29, 1.82) is 0 Å². The van der Waals surface area contributed by atoms with Crippen molar-refractivity contribution in [3.05, 3.63) is 0 Å². The zero-order chi connectivity index (χ0) is 41.4. The minimum Gasteiger partial charge on any atom is -0.394 e. The molecular weight excluding hydrogens is 714 g/mol. The van der Waals surface area contributed by atoms with Gasteiger partial charge < -0.3 is 50.5 Å². The maximum atomic E-state index is 13.1. The van der Waals surface area contributed by atoms with E-state index in [4.69, 9.17) is 9.47 Å². The summed E-state index contributed by atoms with van der Waals surface area (Å²) in [6, 6.07) is -1.16. The Morgan fingerprint density at radius 3 is 1.43 bits per heavy atom. The van der Waals surface area contributed by atoms with Gasteiger partial charge in [0.05, 0.1) is 25.4 Å². The number of unbranched alkanes of at least 4 members (excludes halogenated alkanes) is 24. The Hall–Kier alpha value is -0.890. The number of nitrogens with one attached hydrogen (secondary N) is 1. The van der Waals surface area contributed by atoms with Gasteiger partial charge in [0.25, 0.3) is 0 Å². The molecule has 0 radical (unpaired) electrons. The molecule has 1 heterocycles. The van der Waals surface area contributed by atoms with E-state index in [0.717, 1.165) is 44.4 Å². The fraction of sp³-hybridized carbons (Fsp3) is 0.978. The Morgan fingerprint density at radius 2 is 1.00 bits per heavy atom. The molecule has 1 fully saturated rings. The van der Waals surface area contributed by atoms with Crippen LogP contribution in [0.15, 0.2) is 0 Å². The summed E-state index contributed by atoms with van der Waals surface area (Å²) in [5.74, 6) is 0.0317. The molecule has 11 heteroatoms. The van der Waals surface area contributed by atoms with Gasteiger partial charge in [-0.25, -0.2) is 0 Å². The van der Waals surface area contributed by atoms with Crippen LogP contribution in [0.1, 0.15) is 207 Å². The van der Waals surface area contributed by atoms with Crippen molar-refractivity contribution in [2.75, 3.05) is 13.2 Å². The summed E-state index contributed by atoms with van der Waals surface area (Å²) >= 11 is 0. The van der Waals surface area contributed by atoms with Crippen molar-refractivity contribution in [3.8, 4) is 0 Å². The van der Waals surface area contributed by atoms with Crippen LogP contribution in [0.25, 0.3) is 0 Å². The van der Waals surface area contributed by atoms with E-state index in [1.807, 2.05) is 0 Å². The molecular formula is C45H89NO10. The molecule has 1 saturated heterocycles. The van der Waals surface area contributed by atoms with Crippen LogP contribution in [0.3, 0.4) is 0 Å². The summed E-state index contributed by atoms with van der Waals surface area (Å²) < 4.78 is 11.1. The highest BCUT2D eigenvalue weighted by Gasteiger charge is 2.44. The number of carbonyl (C=O) groups is 1. The summed E-state index contributed by atoms with van der Waals surface area (Å²) in [6.07, 6.45) is 21.8. The molecule has 1 aliphatic heterocycles. The van der Waals surface area contributed by atoms with Crippen LogP contribution in [0.4, 0.5) is 0 Å². The number of hydrogen-bond acceptors (Lipinski definition) is 10. The molecule has 0 bridgehead atoms. The number of ether oxygens (including phenoxy) is 2. The molecule has 0 aliphatic carbocycles. The van der Waals surface area contributed by atoms with E-state index in [2.05, 4.69) is 26.1 Å². The zero-order valence-electron chi connectivity index (χ0n) is 36.0. The predicted molar refractivity (Wildman–Crippen MR) is 224 cm³/mol. The number of carbonyl (C=O) groups excluding carboxylic acids is 1. The van der Waals surface area contributed by atoms with Crippen LogP contribution in [0, 0.1) is 5.92 Å². The fourth-order valence-electron chi connectivity index (χ4n) is 7.68. The molecule has 0 aromatic rings. The van der Waals surface area contributed by atoms with Crippen LogP contribution >= 0.6 is 0 Å². The van der Waals surface area contributed by atoms with Gasteiger partial charge in [0.2, 0.25) is 5.91 Å². The summed E-state index contributed by atoms with van der Waals surface area (Å²) in [7, 11) is 0. The molecule has 0 unspecified atom stereocenters. The topological polar surface area (TPSA) is 189 Å². The van der Waals surface area contributed by atoms with Gasteiger partial charge in [-0.05, 0) is 18.8 Å². The van der Waals surface area contributed by atoms with Gasteiger partial charge in [-0.3, -0.25) is 4.79 Å². The lowest BCUT2D eigenvalue weighted by molar-refractivity contribution is -0.303. The average molecular weight is 804 g/mol. The van der Waals surface area contributed by atoms with Crippen LogP contribution in [-0.4, -0.2) is 110 Å². The molecule has 8 N–H and O–H groups in total. The van der Waals surface area contributed by atoms with E-state index >= 15 is 0 Å². The van der Waals surface area contributed by atoms with Crippen LogP contribution in [-0.2, 0) is 14.3 Å². The molecule has 0 spiro atoms. The third-order valence-corrected chi connectivity index (χ3v) is 11.6. The maximum Gasteiger partial charge on any atom is 0.249 e. The first-order chi connectivity index (χ1) is 27.0. The largest absolute Gasteiger partial charge is 0.394 e. The van der Waals surface area contributed by atoms with Crippen molar-refractivity contribution >= 4 is 5.91 Å². The van der Waals surface area contributed by atoms with Crippen LogP contribution in [0.2, 0.25) is 0 Å². The number of aliphatic hydroxyl groups excluding tert-OH is 7. The van der Waals surface area contributed by atoms with Crippen molar-refractivity contribution in [3.63, 3.8) is 0 Å². The Morgan fingerprint density at radius 1 is 0.589 bits per heavy atom. The molecule has 9 atom stereocenters. The van der Waals surface area contributed by atoms with Gasteiger partial charge in [0.1, 0.15) is 36.6 Å². The Kier molecular flexibility index (Phi) is 33.1. The van der Waals surface area contributed by atoms with Gasteiger partial charge in [0, 0.05) is 0 Å². The van der Waals surface area contributed by atoms with Gasteiger partial charge in [-0.2, -0.15) is 0 Å². The molecule has 56 heavy (non-hydrogen) atoms. The molecule has 1 aliphatic rings. The van der Waals surface area contributed by atoms with Crippen LogP contribution in [0.5, 0.6) is 0 Å². The normalized spacial score (nSPS) is 22.3. The van der Waals surface area contributed by atoms with Crippen LogP contribution < -0.4 is 5.32 Å². The van der Waals surface area contributed by atoms with Gasteiger partial charge in [-0.1, -0.05) is 194 Å². The maximum absolute atomic E-state index is 13.1. The first-order valence-electron chi connectivity index (χ1n) is 23.3. The molecule has 0 aromatic carbocycles. The van der Waals surface area contributed by atoms with Gasteiger partial charge in [-0.15, -0.1) is 0 Å². The monoisotopic (exact) mass is 804 g/mol. The van der Waals surface area contributed by atoms with E-state index in [-0.39, 0.29) is 6.42 Å². The van der Waals surface area contributed by atoms with E-state index in [1.54, 1.807) is 0 Å². The molecule has 0 aromatic heterocycles. The van der Waals surface area contributed by atoms with E-state index in [1.165, 1.54) is 122 Å². The molecule has 334 valence electrons. The second kappa shape index (κ2) is 34.9. The quantitative estimate of drug-likeness (QED) is 0.0293. The second-order valence-electron chi connectivity index (χ2n) is 17.3. The molecule has 0 saturated carbocycles. The Balaban J connectivity index is 2.39. The molecule has 11 nitrogen and oxygen atoms in total. The summed E-state index contributed by atoms with van der Waals surface area (Å²) in [5, 5.41) is 75.5. The van der Waals surface area contributed by atoms with Gasteiger partial charge in [0.15, 0.2) is 6.29 Å². The number of amides is 1. The minimum atomic E-state index is -1.66. The first-order valence-corrected chi connectivity index (χ1v) is 23.3. The summed E-state index contributed by atoms with van der Waals surface area (Å²) in [6.45, 7) is 5.69. The third-order valence-electron chi connectivity index (χ3n) is 11.6. The van der Waals surface area contributed by atoms with E-state index < -0.39 is 74.2 Å². The zero-order valence-corrected chi connectivity index (χ0v) is 36.0. The third kappa shape index (κ3) is 25.6. The number of aliphatic hydroxyl groups is 7. The summed E-state index contributed by atoms with van der Waals surface area (Å²) in [4.78, 5) is 13.1. The van der Waals surface area contributed by atoms with Crippen molar-refractivity contribution < 1.29 is 50.0 Å². The van der Waals surface area contributed by atoms with E-state index in [9.17, 15) is 40.5 Å². The Bertz CT molecular complexity index is 895. The number of hydrogen-bond donors (Lipinski definition) is 8. The highest BCUT2D eigenvalue weighted by Crippen LogP contribution is 2.23. The summed E-state index contributed by atoms with van der Waals surface area (Å²) in [5.41, 5.74) is 0. The lowest BCUT2D eigenvalue weighted by Crippen LogP contribution is -2.60. The van der Waals surface area contributed by atoms with Crippen molar-refractivity contribution in [1.82, 2.24) is 5.32 Å². The fourth-order valence-corrected chi connectivity index (χ4v) is 7.68. The molecule has 1 rings (SSSR count). The first kappa shape index (κ1) is 53.1. The SMILES string of the molecule is CCCCCCCCCCCCCCCCCCCCC[C@@H](O)C(=O)N[C@@H](CO[C@@H]1O[C@H](CO)[C@@H](O)[C@H](O)[C@H]1O)[C@H](O)[C@H](O)CCCCCCCCCC(C)C. The van der Waals surface area contributed by atoms with Gasteiger partial charge >= 0.3 is 0 Å². The average Bonchev–Trinajstić information content (AvgIpc) is 3.18. The second-order valence-corrected chi connectivity index (χ2v) is 17.3. The highest BCUT2D eigenvalue weighted by molar-refractivity contribution is 5.80. The van der Waals surface area contributed by atoms with Crippen molar-refractivity contribution in [2.24, 2.45) is 5.92 Å². The Labute approximate surface area is 341 Å². The smallest absolute Gasteiger partial charge is 0.249 e. The lowest BCUT2D eigenvalue weighted by Gasteiger charge is -2.40. The lowest BCUT2D eigenvalue weighted by atomic mass is 9.98. The minimum absolute atomic E-state index is 0.265. The number of rotatable bonds is 38. The highest BCUT2D eigenvalue weighted by atomic mass is 16.7. The molecule has 1 amide bonds. The van der Waals surface area contributed by atoms with E-state index in [0.29, 0.717) is 19.3 Å². The predicted octanol–water partition coefficient (Wildman–Crippen LogP) is 7.36. The van der Waals surface area contributed by atoms with Crippen molar-refractivity contribution in [2.45, 2.75) is 262 Å².